The van der Waals surface area contributed by atoms with Gasteiger partial charge in [0.05, 0.1) is 0 Å². The van der Waals surface area contributed by atoms with Crippen LogP contribution in [0.15, 0.2) is 0 Å². The Morgan fingerprint density at radius 1 is 1.50 bits per heavy atom. The van der Waals surface area contributed by atoms with Crippen LogP contribution in [0, 0.1) is 11.8 Å². The van der Waals surface area contributed by atoms with Crippen LogP contribution >= 0.6 is 0 Å². The first-order valence-electron chi connectivity index (χ1n) is 4.42. The van der Waals surface area contributed by atoms with Crippen molar-refractivity contribution < 1.29 is 9.59 Å². The number of hydrogen-bond acceptors (Lipinski definition) is 2. The summed E-state index contributed by atoms with van der Waals surface area (Å²) < 4.78 is 0. The van der Waals surface area contributed by atoms with E-state index in [-0.39, 0.29) is 11.8 Å². The fourth-order valence-corrected chi connectivity index (χ4v) is 1.69. The predicted molar refractivity (Wildman–Crippen MR) is 45.3 cm³/mol. The molecule has 68 valence electrons. The average molecular weight is 169 g/mol. The van der Waals surface area contributed by atoms with Gasteiger partial charge >= 0.3 is 0 Å². The lowest BCUT2D eigenvalue weighted by Crippen LogP contribution is -2.30. The van der Waals surface area contributed by atoms with Crippen molar-refractivity contribution in [3.05, 3.63) is 0 Å². The summed E-state index contributed by atoms with van der Waals surface area (Å²) in [5.41, 5.74) is 5.18. The minimum atomic E-state index is -0.241. The molecule has 1 saturated carbocycles. The molecule has 0 aliphatic heterocycles. The number of carbonyl (C=O) groups excluding carboxylic acids is 2. The van der Waals surface area contributed by atoms with Crippen LogP contribution in [-0.2, 0) is 9.59 Å². The molecule has 0 bridgehead atoms. The van der Waals surface area contributed by atoms with Crippen LogP contribution in [-0.4, -0.2) is 11.7 Å². The van der Waals surface area contributed by atoms with E-state index >= 15 is 0 Å². The highest BCUT2D eigenvalue weighted by Crippen LogP contribution is 2.27. The lowest BCUT2D eigenvalue weighted by Gasteiger charge is -2.24. The molecule has 3 nitrogen and oxygen atoms in total. The maximum Gasteiger partial charge on any atom is 0.220 e. The number of primary amides is 1. The molecule has 1 aliphatic rings. The third-order valence-electron chi connectivity index (χ3n) is 2.74. The van der Waals surface area contributed by atoms with Gasteiger partial charge in [-0.05, 0) is 18.8 Å². The molecule has 0 aromatic carbocycles. The number of rotatable bonds is 2. The third-order valence-corrected chi connectivity index (χ3v) is 2.74. The van der Waals surface area contributed by atoms with Gasteiger partial charge in [0.15, 0.2) is 0 Å². The maximum absolute atomic E-state index is 10.9. The summed E-state index contributed by atoms with van der Waals surface area (Å²) in [6.45, 7) is 1.85. The zero-order chi connectivity index (χ0) is 9.14. The van der Waals surface area contributed by atoms with Gasteiger partial charge in [-0.1, -0.05) is 6.92 Å². The fourth-order valence-electron chi connectivity index (χ4n) is 1.69. The summed E-state index contributed by atoms with van der Waals surface area (Å²) in [6, 6.07) is 0. The second kappa shape index (κ2) is 3.70. The van der Waals surface area contributed by atoms with E-state index in [1.165, 1.54) is 0 Å². The molecule has 0 heterocycles. The second-order valence-electron chi connectivity index (χ2n) is 3.57. The zero-order valence-corrected chi connectivity index (χ0v) is 7.38. The van der Waals surface area contributed by atoms with Crippen molar-refractivity contribution in [3.8, 4) is 0 Å². The van der Waals surface area contributed by atoms with Crippen LogP contribution in [0.2, 0.25) is 0 Å². The highest BCUT2D eigenvalue weighted by atomic mass is 16.1. The lowest BCUT2D eigenvalue weighted by atomic mass is 9.80. The summed E-state index contributed by atoms with van der Waals surface area (Å²) in [4.78, 5) is 21.7. The SMILES string of the molecule is CC(C(N)=O)C1CCC(=O)CC1. The van der Waals surface area contributed by atoms with Gasteiger partial charge in [-0.3, -0.25) is 9.59 Å². The smallest absolute Gasteiger partial charge is 0.220 e. The summed E-state index contributed by atoms with van der Waals surface area (Å²) in [7, 11) is 0. The van der Waals surface area contributed by atoms with Crippen molar-refractivity contribution in [3.63, 3.8) is 0 Å². The predicted octanol–water partition coefficient (Wildman–Crippen LogP) is 0.867. The van der Waals surface area contributed by atoms with Crippen molar-refractivity contribution >= 4 is 11.7 Å². The monoisotopic (exact) mass is 169 g/mol. The van der Waals surface area contributed by atoms with Crippen LogP contribution in [0.4, 0.5) is 0 Å². The van der Waals surface area contributed by atoms with E-state index in [1.54, 1.807) is 0 Å². The molecule has 1 atom stereocenters. The van der Waals surface area contributed by atoms with Gasteiger partial charge in [0.2, 0.25) is 5.91 Å². The van der Waals surface area contributed by atoms with Gasteiger partial charge in [-0.2, -0.15) is 0 Å². The zero-order valence-electron chi connectivity index (χ0n) is 7.38. The minimum Gasteiger partial charge on any atom is -0.369 e. The van der Waals surface area contributed by atoms with Crippen LogP contribution in [0.25, 0.3) is 0 Å². The number of hydrogen-bond donors (Lipinski definition) is 1. The normalized spacial score (nSPS) is 22.2. The van der Waals surface area contributed by atoms with Crippen LogP contribution in [0.3, 0.4) is 0 Å². The van der Waals surface area contributed by atoms with Gasteiger partial charge in [-0.15, -0.1) is 0 Å². The topological polar surface area (TPSA) is 60.2 Å². The number of Topliss-reactive ketones (excluding diaryl/α,β-unsaturated/α-hetero) is 1. The lowest BCUT2D eigenvalue weighted by molar-refractivity contribution is -0.126. The van der Waals surface area contributed by atoms with E-state index < -0.39 is 0 Å². The summed E-state index contributed by atoms with van der Waals surface area (Å²) in [5, 5.41) is 0. The summed E-state index contributed by atoms with van der Waals surface area (Å²) in [6.07, 6.45) is 2.93. The Morgan fingerprint density at radius 3 is 2.42 bits per heavy atom. The molecule has 1 rings (SSSR count). The molecule has 1 amide bonds. The van der Waals surface area contributed by atoms with Gasteiger partial charge in [0.1, 0.15) is 5.78 Å². The number of carbonyl (C=O) groups is 2. The summed E-state index contributed by atoms with van der Waals surface area (Å²) >= 11 is 0. The largest absolute Gasteiger partial charge is 0.369 e. The van der Waals surface area contributed by atoms with Crippen molar-refractivity contribution in [2.75, 3.05) is 0 Å². The molecular formula is C9H15NO2. The Hall–Kier alpha value is -0.860. The van der Waals surface area contributed by atoms with E-state index in [2.05, 4.69) is 0 Å². The average Bonchev–Trinajstić information content (AvgIpc) is 2.04. The first kappa shape index (κ1) is 9.23. The van der Waals surface area contributed by atoms with E-state index in [4.69, 9.17) is 5.73 Å². The highest BCUT2D eigenvalue weighted by Gasteiger charge is 2.26. The molecule has 2 N–H and O–H groups in total. The number of ketones is 1. The minimum absolute atomic E-state index is 0.0712. The van der Waals surface area contributed by atoms with Crippen LogP contribution < -0.4 is 5.73 Å². The van der Waals surface area contributed by atoms with E-state index in [0.29, 0.717) is 24.5 Å². The van der Waals surface area contributed by atoms with Crippen molar-refractivity contribution in [1.29, 1.82) is 0 Å². The van der Waals surface area contributed by atoms with Crippen molar-refractivity contribution in [2.45, 2.75) is 32.6 Å². The Morgan fingerprint density at radius 2 is 2.00 bits per heavy atom. The van der Waals surface area contributed by atoms with Gasteiger partial charge in [0, 0.05) is 18.8 Å². The Labute approximate surface area is 72.3 Å². The third kappa shape index (κ3) is 2.06. The second-order valence-corrected chi connectivity index (χ2v) is 3.57. The van der Waals surface area contributed by atoms with Gasteiger partial charge in [-0.25, -0.2) is 0 Å². The first-order valence-corrected chi connectivity index (χ1v) is 4.42. The molecule has 1 fully saturated rings. The van der Waals surface area contributed by atoms with Crippen LogP contribution in [0.5, 0.6) is 0 Å². The summed E-state index contributed by atoms with van der Waals surface area (Å²) in [5.74, 6) is 0.343. The Kier molecular flexibility index (Phi) is 2.84. The highest BCUT2D eigenvalue weighted by molar-refractivity contribution is 5.80. The molecule has 1 unspecified atom stereocenters. The van der Waals surface area contributed by atoms with Gasteiger partial charge < -0.3 is 5.73 Å². The molecule has 0 aromatic heterocycles. The Balaban J connectivity index is 2.44. The van der Waals surface area contributed by atoms with Gasteiger partial charge in [0.25, 0.3) is 0 Å². The molecule has 3 heteroatoms. The maximum atomic E-state index is 10.9. The quantitative estimate of drug-likeness (QED) is 0.666. The molecule has 0 aromatic rings. The first-order chi connectivity index (χ1) is 5.61. The number of nitrogens with two attached hydrogens (primary N) is 1. The molecular weight excluding hydrogens is 154 g/mol. The number of amides is 1. The molecule has 0 spiro atoms. The molecule has 12 heavy (non-hydrogen) atoms. The standard InChI is InChI=1S/C9H15NO2/c1-6(9(10)12)7-2-4-8(11)5-3-7/h6-7H,2-5H2,1H3,(H2,10,12). The van der Waals surface area contributed by atoms with Crippen molar-refractivity contribution in [1.82, 2.24) is 0 Å². The van der Waals surface area contributed by atoms with E-state index in [9.17, 15) is 9.59 Å². The Bertz CT molecular complexity index is 191. The van der Waals surface area contributed by atoms with Crippen molar-refractivity contribution in [2.24, 2.45) is 17.6 Å². The molecule has 1 aliphatic carbocycles. The van der Waals surface area contributed by atoms with E-state index in [0.717, 1.165) is 12.8 Å². The fraction of sp³-hybridized carbons (Fsp3) is 0.778. The van der Waals surface area contributed by atoms with E-state index in [1.807, 2.05) is 6.92 Å². The molecule has 0 radical (unpaired) electrons. The van der Waals surface area contributed by atoms with Crippen LogP contribution in [0.1, 0.15) is 32.6 Å². The molecule has 0 saturated heterocycles.